The van der Waals surface area contributed by atoms with E-state index in [1.165, 1.54) is 6.33 Å². The summed E-state index contributed by atoms with van der Waals surface area (Å²) in [5.41, 5.74) is 0.349. The molecule has 0 aliphatic carbocycles. The van der Waals surface area contributed by atoms with Gasteiger partial charge < -0.3 is 14.7 Å². The smallest absolute Gasteiger partial charge is 0.311 e. The summed E-state index contributed by atoms with van der Waals surface area (Å²) in [4.78, 5) is 30.3. The van der Waals surface area contributed by atoms with Gasteiger partial charge in [-0.2, -0.15) is 5.10 Å². The highest BCUT2D eigenvalue weighted by molar-refractivity contribution is 5.95. The third kappa shape index (κ3) is 2.58. The van der Waals surface area contributed by atoms with Crippen molar-refractivity contribution in [3.05, 3.63) is 42.5 Å². The molecule has 2 saturated heterocycles. The lowest BCUT2D eigenvalue weighted by Crippen LogP contribution is -2.45. The fraction of sp³-hybridized carbons (Fsp3) is 0.412. The monoisotopic (exact) mass is 342 g/mol. The molecular formula is C17H18N4O4. The maximum Gasteiger partial charge on any atom is 0.311 e. The van der Waals surface area contributed by atoms with Crippen LogP contribution in [0, 0.1) is 11.3 Å². The average Bonchev–Trinajstić information content (AvgIpc) is 3.29. The van der Waals surface area contributed by atoms with E-state index in [9.17, 15) is 14.7 Å². The van der Waals surface area contributed by atoms with Crippen LogP contribution in [-0.2, 0) is 9.53 Å². The van der Waals surface area contributed by atoms with Gasteiger partial charge >= 0.3 is 5.97 Å². The Kier molecular flexibility index (Phi) is 3.76. The second kappa shape index (κ2) is 5.96. The number of amides is 1. The second-order valence-electron chi connectivity index (χ2n) is 6.56. The summed E-state index contributed by atoms with van der Waals surface area (Å²) in [6.07, 6.45) is 3.43. The Morgan fingerprint density at radius 1 is 1.36 bits per heavy atom. The van der Waals surface area contributed by atoms with Crippen LogP contribution in [0.4, 0.5) is 0 Å². The number of carbonyl (C=O) groups excluding carboxylic acids is 1. The highest BCUT2D eigenvalue weighted by Crippen LogP contribution is 2.42. The quantitative estimate of drug-likeness (QED) is 0.887. The number of rotatable bonds is 3. The predicted molar refractivity (Wildman–Crippen MR) is 86.3 cm³/mol. The standard InChI is InChI=1S/C17H18N4O4/c22-15(12-2-1-3-14(6-12)21-11-18-10-19-21)20-7-13-8-25-5-4-17(13,9-20)16(23)24/h1-3,6,10-11,13H,4-5,7-9H2,(H,23,24)/t13-,17+/m0/s1. The molecule has 4 rings (SSSR count). The van der Waals surface area contributed by atoms with Gasteiger partial charge in [0.2, 0.25) is 0 Å². The molecule has 3 heterocycles. The molecule has 25 heavy (non-hydrogen) atoms. The topological polar surface area (TPSA) is 97.5 Å². The van der Waals surface area contributed by atoms with Crippen molar-refractivity contribution in [1.29, 1.82) is 0 Å². The number of hydrogen-bond donors (Lipinski definition) is 1. The maximum absolute atomic E-state index is 12.9. The van der Waals surface area contributed by atoms with Crippen molar-refractivity contribution in [3.8, 4) is 5.69 Å². The molecule has 0 saturated carbocycles. The summed E-state index contributed by atoms with van der Waals surface area (Å²) in [5.74, 6) is -1.18. The lowest BCUT2D eigenvalue weighted by Gasteiger charge is -2.33. The van der Waals surface area contributed by atoms with Gasteiger partial charge in [0.25, 0.3) is 5.91 Å². The molecule has 1 N–H and O–H groups in total. The van der Waals surface area contributed by atoms with Crippen LogP contribution in [0.5, 0.6) is 0 Å². The largest absolute Gasteiger partial charge is 0.481 e. The van der Waals surface area contributed by atoms with Crippen molar-refractivity contribution in [2.45, 2.75) is 6.42 Å². The number of fused-ring (bicyclic) bond motifs is 1. The first-order valence-corrected chi connectivity index (χ1v) is 8.16. The van der Waals surface area contributed by atoms with E-state index < -0.39 is 11.4 Å². The number of hydrogen-bond acceptors (Lipinski definition) is 5. The minimum absolute atomic E-state index is 0.166. The zero-order chi connectivity index (χ0) is 17.4. The van der Waals surface area contributed by atoms with Crippen LogP contribution in [0.15, 0.2) is 36.9 Å². The highest BCUT2D eigenvalue weighted by Gasteiger charge is 2.54. The molecule has 0 spiro atoms. The molecule has 2 fully saturated rings. The molecule has 1 amide bonds. The van der Waals surface area contributed by atoms with Crippen LogP contribution in [0.3, 0.4) is 0 Å². The molecule has 8 nitrogen and oxygen atoms in total. The molecule has 1 aromatic carbocycles. The lowest BCUT2D eigenvalue weighted by atomic mass is 9.74. The van der Waals surface area contributed by atoms with Crippen LogP contribution in [-0.4, -0.2) is 63.0 Å². The van der Waals surface area contributed by atoms with E-state index in [-0.39, 0.29) is 18.4 Å². The van der Waals surface area contributed by atoms with Crippen LogP contribution >= 0.6 is 0 Å². The number of ether oxygens (including phenoxy) is 1. The fourth-order valence-electron chi connectivity index (χ4n) is 3.76. The normalized spacial score (nSPS) is 25.6. The van der Waals surface area contributed by atoms with Gasteiger partial charge in [-0.25, -0.2) is 9.67 Å². The minimum Gasteiger partial charge on any atom is -0.481 e. The highest BCUT2D eigenvalue weighted by atomic mass is 16.5. The summed E-state index contributed by atoms with van der Waals surface area (Å²) in [6, 6.07) is 7.09. The molecule has 2 aliphatic rings. The Balaban J connectivity index is 1.60. The summed E-state index contributed by atoms with van der Waals surface area (Å²) in [7, 11) is 0. The Bertz CT molecular complexity index is 807. The van der Waals surface area contributed by atoms with Gasteiger partial charge in [-0.15, -0.1) is 0 Å². The number of likely N-dealkylation sites (tertiary alicyclic amines) is 1. The van der Waals surface area contributed by atoms with Gasteiger partial charge in [-0.05, 0) is 24.6 Å². The van der Waals surface area contributed by atoms with Gasteiger partial charge in [0, 0.05) is 31.2 Å². The van der Waals surface area contributed by atoms with E-state index in [0.29, 0.717) is 31.7 Å². The zero-order valence-electron chi connectivity index (χ0n) is 13.5. The molecule has 130 valence electrons. The summed E-state index contributed by atoms with van der Waals surface area (Å²) in [6.45, 7) is 1.43. The van der Waals surface area contributed by atoms with E-state index in [2.05, 4.69) is 10.1 Å². The zero-order valence-corrected chi connectivity index (χ0v) is 13.5. The first-order chi connectivity index (χ1) is 12.1. The number of carboxylic acid groups (broad SMARTS) is 1. The fourth-order valence-corrected chi connectivity index (χ4v) is 3.76. The number of carboxylic acids is 1. The van der Waals surface area contributed by atoms with Gasteiger partial charge in [0.05, 0.1) is 17.7 Å². The molecule has 2 aromatic rings. The van der Waals surface area contributed by atoms with Crippen molar-refractivity contribution in [2.24, 2.45) is 11.3 Å². The summed E-state index contributed by atoms with van der Waals surface area (Å²) < 4.78 is 7.02. The first-order valence-electron chi connectivity index (χ1n) is 8.16. The second-order valence-corrected chi connectivity index (χ2v) is 6.56. The minimum atomic E-state index is -0.891. The van der Waals surface area contributed by atoms with E-state index >= 15 is 0 Å². The SMILES string of the molecule is O=C(c1cccc(-n2cncn2)c1)N1C[C@H]2COCC[C@@]2(C(=O)O)C1. The maximum atomic E-state index is 12.9. The molecule has 0 unspecified atom stereocenters. The van der Waals surface area contributed by atoms with E-state index in [0.717, 1.165) is 5.69 Å². The number of aliphatic carboxylic acids is 1. The Morgan fingerprint density at radius 2 is 2.24 bits per heavy atom. The molecule has 0 radical (unpaired) electrons. The first kappa shape index (κ1) is 15.8. The van der Waals surface area contributed by atoms with E-state index in [1.54, 1.807) is 34.1 Å². The number of nitrogens with zero attached hydrogens (tertiary/aromatic N) is 4. The molecule has 8 heteroatoms. The van der Waals surface area contributed by atoms with Gasteiger partial charge in [0.1, 0.15) is 12.7 Å². The molecule has 1 aromatic heterocycles. The third-order valence-electron chi connectivity index (χ3n) is 5.20. The van der Waals surface area contributed by atoms with Crippen LogP contribution in [0.2, 0.25) is 0 Å². The van der Waals surface area contributed by atoms with Crippen molar-refractivity contribution in [1.82, 2.24) is 19.7 Å². The third-order valence-corrected chi connectivity index (χ3v) is 5.20. The molecule has 2 atom stereocenters. The lowest BCUT2D eigenvalue weighted by molar-refractivity contribution is -0.157. The predicted octanol–water partition coefficient (Wildman–Crippen LogP) is 0.831. The van der Waals surface area contributed by atoms with Crippen LogP contribution in [0.1, 0.15) is 16.8 Å². The van der Waals surface area contributed by atoms with Crippen LogP contribution < -0.4 is 0 Å². The number of aromatic nitrogens is 3. The van der Waals surface area contributed by atoms with E-state index in [4.69, 9.17) is 4.74 Å². The average molecular weight is 342 g/mol. The Morgan fingerprint density at radius 3 is 2.96 bits per heavy atom. The summed E-state index contributed by atoms with van der Waals surface area (Å²) in [5, 5.41) is 13.8. The Hall–Kier alpha value is -2.74. The molecular weight excluding hydrogens is 324 g/mol. The van der Waals surface area contributed by atoms with Crippen molar-refractivity contribution >= 4 is 11.9 Å². The molecule has 0 bridgehead atoms. The van der Waals surface area contributed by atoms with Gasteiger partial charge in [0.15, 0.2) is 0 Å². The van der Waals surface area contributed by atoms with Gasteiger partial charge in [-0.1, -0.05) is 6.07 Å². The number of carbonyl (C=O) groups is 2. The van der Waals surface area contributed by atoms with Gasteiger partial charge in [-0.3, -0.25) is 9.59 Å². The van der Waals surface area contributed by atoms with Crippen molar-refractivity contribution in [3.63, 3.8) is 0 Å². The molecule has 2 aliphatic heterocycles. The van der Waals surface area contributed by atoms with Crippen molar-refractivity contribution in [2.75, 3.05) is 26.3 Å². The summed E-state index contributed by atoms with van der Waals surface area (Å²) >= 11 is 0. The number of benzene rings is 1. The van der Waals surface area contributed by atoms with E-state index in [1.807, 2.05) is 6.07 Å². The van der Waals surface area contributed by atoms with Crippen LogP contribution in [0.25, 0.3) is 5.69 Å². The van der Waals surface area contributed by atoms with Crippen molar-refractivity contribution < 1.29 is 19.4 Å². The Labute approximate surface area is 144 Å².